The number of nitrogens with one attached hydrogen (secondary N) is 1. The molecular formula is C49H93NO5. The molecule has 0 rings (SSSR count). The van der Waals surface area contributed by atoms with Crippen molar-refractivity contribution in [3.8, 4) is 0 Å². The minimum absolute atomic E-state index is 0.350. The first kappa shape index (κ1) is 53.5. The van der Waals surface area contributed by atoms with E-state index < -0.39 is 36.9 Å². The van der Waals surface area contributed by atoms with Crippen LogP contribution in [0.3, 0.4) is 0 Å². The Balaban J connectivity index is 3.74. The lowest BCUT2D eigenvalue weighted by Gasteiger charge is -2.27. The second-order valence-corrected chi connectivity index (χ2v) is 16.4. The van der Waals surface area contributed by atoms with Crippen LogP contribution in [0.4, 0.5) is 0 Å². The molecule has 0 saturated carbocycles. The van der Waals surface area contributed by atoms with E-state index >= 15 is 0 Å². The van der Waals surface area contributed by atoms with Gasteiger partial charge in [-0.3, -0.25) is 4.79 Å². The normalized spacial score (nSPS) is 14.4. The molecule has 0 saturated heterocycles. The number of rotatable bonds is 43. The van der Waals surface area contributed by atoms with Crippen LogP contribution in [-0.4, -0.2) is 57.3 Å². The van der Waals surface area contributed by atoms with Crippen LogP contribution in [0, 0.1) is 0 Å². The number of aliphatic hydroxyl groups excluding tert-OH is 4. The van der Waals surface area contributed by atoms with Crippen LogP contribution < -0.4 is 5.32 Å². The Hall–Kier alpha value is -1.47. The fourth-order valence-corrected chi connectivity index (χ4v) is 7.26. The smallest absolute Gasteiger partial charge is 0.249 e. The van der Waals surface area contributed by atoms with E-state index in [2.05, 4.69) is 55.6 Å². The van der Waals surface area contributed by atoms with Gasteiger partial charge < -0.3 is 25.7 Å². The molecule has 55 heavy (non-hydrogen) atoms. The molecule has 4 atom stereocenters. The van der Waals surface area contributed by atoms with E-state index in [1.165, 1.54) is 154 Å². The molecule has 0 aliphatic heterocycles. The molecule has 5 N–H and O–H groups in total. The highest BCUT2D eigenvalue weighted by Gasteiger charge is 2.28. The monoisotopic (exact) mass is 776 g/mol. The molecule has 324 valence electrons. The standard InChI is InChI=1S/C49H93NO5/c1-3-5-7-9-11-13-15-17-19-21-22-23-24-25-26-27-29-30-32-34-36-38-40-42-46(52)48(54)45(44-51)50-49(55)47(53)43-41-39-37-35-33-31-28-20-18-16-14-12-10-8-6-4-2/h12,14,18,20,34,36,45-48,51-54H,3-11,13,15-17,19,21-33,35,37-44H2,1-2H3,(H,50,55)/b14-12-,20-18-,36-34+. The van der Waals surface area contributed by atoms with Gasteiger partial charge in [0.2, 0.25) is 5.91 Å². The summed E-state index contributed by atoms with van der Waals surface area (Å²) in [5, 5.41) is 43.7. The van der Waals surface area contributed by atoms with Crippen molar-refractivity contribution < 1.29 is 25.2 Å². The number of amides is 1. The molecule has 0 aliphatic carbocycles. The van der Waals surface area contributed by atoms with Crippen LogP contribution in [0.2, 0.25) is 0 Å². The number of carbonyl (C=O) groups is 1. The topological polar surface area (TPSA) is 110 Å². The largest absolute Gasteiger partial charge is 0.394 e. The first-order valence-electron chi connectivity index (χ1n) is 23.9. The van der Waals surface area contributed by atoms with Crippen LogP contribution in [0.1, 0.15) is 239 Å². The number of unbranched alkanes of at least 4 members (excludes halogenated alkanes) is 28. The highest BCUT2D eigenvalue weighted by atomic mass is 16.3. The van der Waals surface area contributed by atoms with Gasteiger partial charge in [-0.25, -0.2) is 0 Å². The number of hydrogen-bond acceptors (Lipinski definition) is 5. The van der Waals surface area contributed by atoms with Crippen molar-refractivity contribution in [2.45, 2.75) is 263 Å². The van der Waals surface area contributed by atoms with Gasteiger partial charge in [-0.05, 0) is 70.6 Å². The Bertz CT molecular complexity index is 873. The maximum atomic E-state index is 12.5. The zero-order valence-corrected chi connectivity index (χ0v) is 36.4. The molecule has 6 nitrogen and oxygen atoms in total. The minimum atomic E-state index is -1.29. The SMILES string of the molecule is CCCCC/C=C\C/C=C\CCCCCCCCC(O)C(=O)NC(CO)C(O)C(O)CCC/C=C/CCCCCCCCCCCCCCCCCCCC. The molecule has 0 fully saturated rings. The molecule has 0 bridgehead atoms. The third-order valence-electron chi connectivity index (χ3n) is 11.1. The fraction of sp³-hybridized carbons (Fsp3) is 0.857. The quantitative estimate of drug-likeness (QED) is 0.0313. The number of aliphatic hydroxyl groups is 4. The van der Waals surface area contributed by atoms with Crippen molar-refractivity contribution in [3.05, 3.63) is 36.5 Å². The van der Waals surface area contributed by atoms with Gasteiger partial charge in [0, 0.05) is 0 Å². The van der Waals surface area contributed by atoms with Crippen molar-refractivity contribution in [1.29, 1.82) is 0 Å². The summed E-state index contributed by atoms with van der Waals surface area (Å²) in [6.07, 6.45) is 51.8. The lowest BCUT2D eigenvalue weighted by molar-refractivity contribution is -0.132. The van der Waals surface area contributed by atoms with Gasteiger partial charge in [0.25, 0.3) is 0 Å². The maximum Gasteiger partial charge on any atom is 0.249 e. The van der Waals surface area contributed by atoms with E-state index in [0.29, 0.717) is 12.8 Å². The molecule has 1 amide bonds. The van der Waals surface area contributed by atoms with E-state index in [9.17, 15) is 25.2 Å². The van der Waals surface area contributed by atoms with E-state index in [1.807, 2.05) is 0 Å². The number of allylic oxidation sites excluding steroid dienone is 6. The third-order valence-corrected chi connectivity index (χ3v) is 11.1. The summed E-state index contributed by atoms with van der Waals surface area (Å²) in [7, 11) is 0. The molecule has 0 spiro atoms. The lowest BCUT2D eigenvalue weighted by atomic mass is 10.00. The van der Waals surface area contributed by atoms with Gasteiger partial charge in [0.15, 0.2) is 0 Å². The average molecular weight is 776 g/mol. The highest BCUT2D eigenvalue weighted by molar-refractivity contribution is 5.80. The second kappa shape index (κ2) is 43.6. The Morgan fingerprint density at radius 3 is 1.24 bits per heavy atom. The predicted octanol–water partition coefficient (Wildman–Crippen LogP) is 12.9. The van der Waals surface area contributed by atoms with Crippen LogP contribution in [0.15, 0.2) is 36.5 Å². The average Bonchev–Trinajstić information content (AvgIpc) is 3.19. The summed E-state index contributed by atoms with van der Waals surface area (Å²) in [4.78, 5) is 12.5. The fourth-order valence-electron chi connectivity index (χ4n) is 7.26. The van der Waals surface area contributed by atoms with Crippen molar-refractivity contribution in [2.24, 2.45) is 0 Å². The van der Waals surface area contributed by atoms with Gasteiger partial charge in [0.05, 0.1) is 18.8 Å². The molecule has 6 heteroatoms. The molecular weight excluding hydrogens is 683 g/mol. The lowest BCUT2D eigenvalue weighted by Crippen LogP contribution is -2.53. The van der Waals surface area contributed by atoms with Gasteiger partial charge in [-0.1, -0.05) is 204 Å². The summed E-state index contributed by atoms with van der Waals surface area (Å²) < 4.78 is 0. The molecule has 4 unspecified atom stereocenters. The van der Waals surface area contributed by atoms with Crippen molar-refractivity contribution in [1.82, 2.24) is 5.32 Å². The first-order chi connectivity index (χ1) is 27.0. The van der Waals surface area contributed by atoms with E-state index in [0.717, 1.165) is 57.8 Å². The summed E-state index contributed by atoms with van der Waals surface area (Å²) in [6.45, 7) is 4.02. The maximum absolute atomic E-state index is 12.5. The van der Waals surface area contributed by atoms with E-state index in [-0.39, 0.29) is 0 Å². The van der Waals surface area contributed by atoms with Gasteiger partial charge in [0.1, 0.15) is 12.2 Å². The van der Waals surface area contributed by atoms with E-state index in [1.54, 1.807) is 0 Å². The second-order valence-electron chi connectivity index (χ2n) is 16.4. The Morgan fingerprint density at radius 2 is 0.800 bits per heavy atom. The predicted molar refractivity (Wildman–Crippen MR) is 237 cm³/mol. The minimum Gasteiger partial charge on any atom is -0.394 e. The van der Waals surface area contributed by atoms with Crippen molar-refractivity contribution in [2.75, 3.05) is 6.61 Å². The van der Waals surface area contributed by atoms with Gasteiger partial charge in [-0.2, -0.15) is 0 Å². The number of carbonyl (C=O) groups excluding carboxylic acids is 1. The molecule has 0 aromatic heterocycles. The van der Waals surface area contributed by atoms with E-state index in [4.69, 9.17) is 0 Å². The number of hydrogen-bond donors (Lipinski definition) is 5. The Labute approximate surface area is 341 Å². The van der Waals surface area contributed by atoms with Gasteiger partial charge in [-0.15, -0.1) is 0 Å². The molecule has 0 aromatic carbocycles. The molecule has 0 aliphatic rings. The summed E-state index contributed by atoms with van der Waals surface area (Å²) >= 11 is 0. The van der Waals surface area contributed by atoms with Crippen LogP contribution in [0.25, 0.3) is 0 Å². The highest BCUT2D eigenvalue weighted by Crippen LogP contribution is 2.16. The summed E-state index contributed by atoms with van der Waals surface area (Å²) in [6, 6.07) is -1.01. The molecule has 0 radical (unpaired) electrons. The zero-order valence-electron chi connectivity index (χ0n) is 36.4. The zero-order chi connectivity index (χ0) is 40.3. The Morgan fingerprint density at radius 1 is 0.455 bits per heavy atom. The molecule has 0 aromatic rings. The Kier molecular flexibility index (Phi) is 42.5. The summed E-state index contributed by atoms with van der Waals surface area (Å²) in [5.74, 6) is -0.601. The van der Waals surface area contributed by atoms with Crippen molar-refractivity contribution >= 4 is 5.91 Å². The van der Waals surface area contributed by atoms with Gasteiger partial charge >= 0.3 is 0 Å². The van der Waals surface area contributed by atoms with Crippen molar-refractivity contribution in [3.63, 3.8) is 0 Å². The van der Waals surface area contributed by atoms with Crippen LogP contribution in [0.5, 0.6) is 0 Å². The summed E-state index contributed by atoms with van der Waals surface area (Å²) in [5.41, 5.74) is 0. The van der Waals surface area contributed by atoms with Crippen LogP contribution in [-0.2, 0) is 4.79 Å². The first-order valence-corrected chi connectivity index (χ1v) is 23.9. The van der Waals surface area contributed by atoms with Crippen LogP contribution >= 0.6 is 0 Å². The third kappa shape index (κ3) is 37.8. The molecule has 0 heterocycles.